The highest BCUT2D eigenvalue weighted by Gasteiger charge is 2.41. The predicted molar refractivity (Wildman–Crippen MR) is 72.0 cm³/mol. The average Bonchev–Trinajstić information content (AvgIpc) is 3.10. The Bertz CT molecular complexity index is 418. The number of anilines is 1. The van der Waals surface area contributed by atoms with Gasteiger partial charge in [-0.05, 0) is 32.9 Å². The highest BCUT2D eigenvalue weighted by molar-refractivity contribution is 8.00. The fourth-order valence-corrected chi connectivity index (χ4v) is 2.54. The van der Waals surface area contributed by atoms with Gasteiger partial charge in [0.2, 0.25) is 5.88 Å². The molecule has 1 aromatic rings. The van der Waals surface area contributed by atoms with Crippen LogP contribution in [0.1, 0.15) is 24.2 Å². The monoisotopic (exact) mass is 253 g/mol. The molecular formula is C12H19N3OS. The van der Waals surface area contributed by atoms with Crippen molar-refractivity contribution in [2.45, 2.75) is 31.4 Å². The molecule has 0 radical (unpaired) electrons. The minimum Gasteiger partial charge on any atom is -0.481 e. The van der Waals surface area contributed by atoms with Crippen molar-refractivity contribution in [2.75, 3.05) is 25.2 Å². The number of hydrogen-bond acceptors (Lipinski definition) is 5. The number of ether oxygens (including phenoxy) is 1. The van der Waals surface area contributed by atoms with Gasteiger partial charge in [0.15, 0.2) is 0 Å². The van der Waals surface area contributed by atoms with Crippen molar-refractivity contribution in [3.8, 4) is 5.88 Å². The molecule has 17 heavy (non-hydrogen) atoms. The minimum absolute atomic E-state index is 0.429. The summed E-state index contributed by atoms with van der Waals surface area (Å²) in [7, 11) is 1.64. The molecule has 1 aliphatic carbocycles. The quantitative estimate of drug-likeness (QED) is 0.873. The summed E-state index contributed by atoms with van der Waals surface area (Å²) in [5.74, 6) is 2.30. The molecule has 0 aliphatic heterocycles. The summed E-state index contributed by atoms with van der Waals surface area (Å²) >= 11 is 1.94. The van der Waals surface area contributed by atoms with E-state index in [4.69, 9.17) is 4.74 Å². The number of thioether (sulfide) groups is 1. The maximum absolute atomic E-state index is 5.24. The van der Waals surface area contributed by atoms with Crippen LogP contribution in [-0.4, -0.2) is 34.6 Å². The standard InChI is InChI=1S/C12H19N3OS/c1-8-10(13-7-12(17-4)5-6-12)14-9(2)15-11(8)16-3/h5-7H2,1-4H3,(H,13,14,15). The van der Waals surface area contributed by atoms with Crippen LogP contribution in [0.2, 0.25) is 0 Å². The molecule has 1 aromatic heterocycles. The van der Waals surface area contributed by atoms with Crippen molar-refractivity contribution in [3.05, 3.63) is 11.4 Å². The van der Waals surface area contributed by atoms with Gasteiger partial charge in [0.05, 0.1) is 12.7 Å². The van der Waals surface area contributed by atoms with Crippen LogP contribution in [0.4, 0.5) is 5.82 Å². The van der Waals surface area contributed by atoms with E-state index in [2.05, 4.69) is 21.5 Å². The van der Waals surface area contributed by atoms with Crippen LogP contribution < -0.4 is 10.1 Å². The first-order valence-corrected chi connectivity index (χ1v) is 7.01. The Morgan fingerprint density at radius 2 is 2.06 bits per heavy atom. The molecule has 0 aromatic carbocycles. The Morgan fingerprint density at radius 1 is 1.35 bits per heavy atom. The van der Waals surface area contributed by atoms with Gasteiger partial charge in [-0.15, -0.1) is 0 Å². The fourth-order valence-electron chi connectivity index (χ4n) is 1.81. The van der Waals surface area contributed by atoms with Gasteiger partial charge in [-0.1, -0.05) is 0 Å². The number of nitrogens with one attached hydrogen (secondary N) is 1. The summed E-state index contributed by atoms with van der Waals surface area (Å²) in [4.78, 5) is 8.69. The van der Waals surface area contributed by atoms with Crippen LogP contribution in [0.5, 0.6) is 5.88 Å². The molecule has 0 atom stereocenters. The number of methoxy groups -OCH3 is 1. The number of aryl methyl sites for hydroxylation is 1. The van der Waals surface area contributed by atoms with E-state index in [-0.39, 0.29) is 0 Å². The van der Waals surface area contributed by atoms with E-state index in [1.54, 1.807) is 7.11 Å². The first-order chi connectivity index (χ1) is 8.10. The van der Waals surface area contributed by atoms with E-state index >= 15 is 0 Å². The lowest BCUT2D eigenvalue weighted by Gasteiger charge is -2.16. The van der Waals surface area contributed by atoms with Gasteiger partial charge in [-0.25, -0.2) is 4.98 Å². The van der Waals surface area contributed by atoms with E-state index < -0.39 is 0 Å². The van der Waals surface area contributed by atoms with Crippen molar-refractivity contribution >= 4 is 17.6 Å². The Hall–Kier alpha value is -0.970. The highest BCUT2D eigenvalue weighted by Crippen LogP contribution is 2.47. The predicted octanol–water partition coefficient (Wildman–Crippen LogP) is 2.41. The van der Waals surface area contributed by atoms with Gasteiger partial charge >= 0.3 is 0 Å². The van der Waals surface area contributed by atoms with Crippen LogP contribution in [0.3, 0.4) is 0 Å². The van der Waals surface area contributed by atoms with Gasteiger partial charge in [0.25, 0.3) is 0 Å². The summed E-state index contributed by atoms with van der Waals surface area (Å²) in [6.45, 7) is 4.84. The van der Waals surface area contributed by atoms with Gasteiger partial charge < -0.3 is 10.1 Å². The number of nitrogens with zero attached hydrogens (tertiary/aromatic N) is 2. The van der Waals surface area contributed by atoms with E-state index in [1.807, 2.05) is 25.6 Å². The molecule has 2 rings (SSSR count). The van der Waals surface area contributed by atoms with Crippen molar-refractivity contribution in [1.29, 1.82) is 0 Å². The van der Waals surface area contributed by atoms with Crippen molar-refractivity contribution in [1.82, 2.24) is 9.97 Å². The van der Waals surface area contributed by atoms with Gasteiger partial charge in [0.1, 0.15) is 11.6 Å². The second-order valence-corrected chi connectivity index (χ2v) is 5.77. The molecule has 4 nitrogen and oxygen atoms in total. The summed E-state index contributed by atoms with van der Waals surface area (Å²) in [6.07, 6.45) is 4.76. The molecule has 1 saturated carbocycles. The van der Waals surface area contributed by atoms with Crippen molar-refractivity contribution in [2.24, 2.45) is 0 Å². The Labute approximate surface area is 107 Å². The third-order valence-corrected chi connectivity index (χ3v) is 4.64. The third kappa shape index (κ3) is 2.65. The molecule has 0 unspecified atom stereocenters. The summed E-state index contributed by atoms with van der Waals surface area (Å²) in [5.41, 5.74) is 0.981. The molecule has 0 spiro atoms. The maximum atomic E-state index is 5.24. The lowest BCUT2D eigenvalue weighted by Crippen LogP contribution is -2.19. The first-order valence-electron chi connectivity index (χ1n) is 5.78. The molecule has 1 N–H and O–H groups in total. The highest BCUT2D eigenvalue weighted by atomic mass is 32.2. The Morgan fingerprint density at radius 3 is 2.59 bits per heavy atom. The van der Waals surface area contributed by atoms with Crippen LogP contribution in [0.25, 0.3) is 0 Å². The van der Waals surface area contributed by atoms with Gasteiger partial charge in [-0.2, -0.15) is 16.7 Å². The van der Waals surface area contributed by atoms with E-state index in [1.165, 1.54) is 12.8 Å². The van der Waals surface area contributed by atoms with Gasteiger partial charge in [0, 0.05) is 11.3 Å². The van der Waals surface area contributed by atoms with Crippen molar-refractivity contribution in [3.63, 3.8) is 0 Å². The molecule has 0 bridgehead atoms. The van der Waals surface area contributed by atoms with E-state index in [0.717, 1.165) is 23.8 Å². The molecule has 94 valence electrons. The zero-order chi connectivity index (χ0) is 12.5. The molecule has 0 saturated heterocycles. The van der Waals surface area contributed by atoms with Crippen LogP contribution in [-0.2, 0) is 0 Å². The third-order valence-electron chi connectivity index (χ3n) is 3.23. The molecule has 1 aliphatic rings. The molecule has 1 heterocycles. The SMILES string of the molecule is COc1nc(C)nc(NCC2(SC)CC2)c1C. The van der Waals surface area contributed by atoms with E-state index in [0.29, 0.717) is 10.6 Å². The second-order valence-electron chi connectivity index (χ2n) is 4.49. The number of hydrogen-bond donors (Lipinski definition) is 1. The molecule has 0 amide bonds. The Balaban J connectivity index is 2.12. The molecular weight excluding hydrogens is 234 g/mol. The molecule has 5 heteroatoms. The minimum atomic E-state index is 0.429. The normalized spacial score (nSPS) is 16.7. The smallest absolute Gasteiger partial charge is 0.221 e. The Kier molecular flexibility index (Phi) is 3.47. The largest absolute Gasteiger partial charge is 0.481 e. The topological polar surface area (TPSA) is 47.0 Å². The zero-order valence-electron chi connectivity index (χ0n) is 10.8. The average molecular weight is 253 g/mol. The number of aromatic nitrogens is 2. The second kappa shape index (κ2) is 4.72. The zero-order valence-corrected chi connectivity index (χ0v) is 11.6. The summed E-state index contributed by atoms with van der Waals surface area (Å²) in [6, 6.07) is 0. The van der Waals surface area contributed by atoms with Gasteiger partial charge in [-0.3, -0.25) is 0 Å². The lowest BCUT2D eigenvalue weighted by molar-refractivity contribution is 0.392. The van der Waals surface area contributed by atoms with Crippen LogP contribution in [0, 0.1) is 13.8 Å². The summed E-state index contributed by atoms with van der Waals surface area (Å²) < 4.78 is 5.67. The van der Waals surface area contributed by atoms with Crippen molar-refractivity contribution < 1.29 is 4.74 Å². The molecule has 1 fully saturated rings. The first kappa shape index (κ1) is 12.5. The maximum Gasteiger partial charge on any atom is 0.221 e. The fraction of sp³-hybridized carbons (Fsp3) is 0.667. The van der Waals surface area contributed by atoms with Crippen LogP contribution >= 0.6 is 11.8 Å². The lowest BCUT2D eigenvalue weighted by atomic mass is 10.3. The summed E-state index contributed by atoms with van der Waals surface area (Å²) in [5, 5.41) is 3.43. The van der Waals surface area contributed by atoms with E-state index in [9.17, 15) is 0 Å². The number of rotatable bonds is 5. The van der Waals surface area contributed by atoms with Crippen LogP contribution in [0.15, 0.2) is 0 Å².